The molecule has 0 saturated carbocycles. The fourth-order valence-corrected chi connectivity index (χ4v) is 1.60. The van der Waals surface area contributed by atoms with Crippen LogP contribution >= 0.6 is 0 Å². The number of aliphatic hydroxyl groups excluding tert-OH is 1. The van der Waals surface area contributed by atoms with Crippen molar-refractivity contribution in [1.29, 1.82) is 0 Å². The highest BCUT2D eigenvalue weighted by Gasteiger charge is 2.30. The van der Waals surface area contributed by atoms with Gasteiger partial charge in [0.1, 0.15) is 0 Å². The van der Waals surface area contributed by atoms with E-state index in [1.54, 1.807) is 18.0 Å². The number of carbonyl (C=O) groups is 1. The number of hydrogen-bond acceptors (Lipinski definition) is 4. The van der Waals surface area contributed by atoms with E-state index in [-0.39, 0.29) is 18.2 Å². The zero-order valence-electron chi connectivity index (χ0n) is 8.68. The summed E-state index contributed by atoms with van der Waals surface area (Å²) in [7, 11) is 0. The lowest BCUT2D eigenvalue weighted by Gasteiger charge is -2.34. The molecule has 0 radical (unpaired) electrons. The van der Waals surface area contributed by atoms with Crippen LogP contribution in [0.15, 0.2) is 23.9 Å². The van der Waals surface area contributed by atoms with Gasteiger partial charge in [-0.3, -0.25) is 4.79 Å². The monoisotopic (exact) mass is 210 g/mol. The van der Waals surface area contributed by atoms with Crippen LogP contribution in [0.1, 0.15) is 13.8 Å². The van der Waals surface area contributed by atoms with E-state index in [0.29, 0.717) is 5.57 Å². The first-order valence-corrected chi connectivity index (χ1v) is 4.86. The maximum absolute atomic E-state index is 11.2. The van der Waals surface area contributed by atoms with Crippen molar-refractivity contribution < 1.29 is 14.6 Å². The van der Waals surface area contributed by atoms with Crippen molar-refractivity contribution in [2.75, 3.05) is 0 Å². The van der Waals surface area contributed by atoms with E-state index in [9.17, 15) is 9.90 Å². The molecule has 82 valence electrons. The molecule has 0 spiro atoms. The highest BCUT2D eigenvalue weighted by molar-refractivity contribution is 5.93. The molecule has 1 unspecified atom stereocenters. The summed E-state index contributed by atoms with van der Waals surface area (Å²) in [5.74, 6) is -0.256. The van der Waals surface area contributed by atoms with Crippen molar-refractivity contribution >= 4 is 5.91 Å². The minimum Gasteiger partial charge on any atom is -0.356 e. The second-order valence-corrected chi connectivity index (χ2v) is 3.72. The summed E-state index contributed by atoms with van der Waals surface area (Å²) in [6, 6.07) is 0. The lowest BCUT2D eigenvalue weighted by molar-refractivity contribution is -0.136. The molecule has 0 bridgehead atoms. The molecule has 2 heterocycles. The van der Waals surface area contributed by atoms with Crippen molar-refractivity contribution in [2.45, 2.75) is 32.5 Å². The minimum atomic E-state index is -1.03. The van der Waals surface area contributed by atoms with Gasteiger partial charge in [-0.2, -0.15) is 0 Å². The Balaban J connectivity index is 2.15. The second-order valence-electron chi connectivity index (χ2n) is 3.72. The Labute approximate surface area is 88.0 Å². The molecule has 2 aliphatic rings. The highest BCUT2D eigenvalue weighted by Crippen LogP contribution is 2.19. The number of nitrogens with zero attached hydrogens (tertiary/aromatic N) is 1. The van der Waals surface area contributed by atoms with Crippen molar-refractivity contribution in [3.63, 3.8) is 0 Å². The third kappa shape index (κ3) is 1.88. The first-order chi connectivity index (χ1) is 7.08. The van der Waals surface area contributed by atoms with Crippen LogP contribution in [0.25, 0.3) is 0 Å². The molecular weight excluding hydrogens is 196 g/mol. The lowest BCUT2D eigenvalue weighted by atomic mass is 10.2. The van der Waals surface area contributed by atoms with Crippen molar-refractivity contribution in [3.8, 4) is 0 Å². The minimum absolute atomic E-state index is 0.0357. The zero-order chi connectivity index (χ0) is 11.0. The zero-order valence-corrected chi connectivity index (χ0v) is 8.68. The first kappa shape index (κ1) is 10.2. The molecular formula is C10H14N2O3. The summed E-state index contributed by atoms with van der Waals surface area (Å²) in [4.78, 5) is 12.8. The van der Waals surface area contributed by atoms with Gasteiger partial charge >= 0.3 is 0 Å². The van der Waals surface area contributed by atoms with Crippen LogP contribution in [0, 0.1) is 0 Å². The molecule has 0 saturated heterocycles. The van der Waals surface area contributed by atoms with Gasteiger partial charge in [0.25, 0.3) is 5.91 Å². The quantitative estimate of drug-likeness (QED) is 0.593. The number of nitrogens with one attached hydrogen (secondary N) is 1. The van der Waals surface area contributed by atoms with E-state index in [1.165, 1.54) is 0 Å². The average Bonchev–Trinajstić information content (AvgIpc) is 2.58. The van der Waals surface area contributed by atoms with E-state index in [4.69, 9.17) is 4.74 Å². The van der Waals surface area contributed by atoms with E-state index < -0.39 is 6.35 Å². The molecule has 2 rings (SSSR count). The van der Waals surface area contributed by atoms with Crippen molar-refractivity contribution in [3.05, 3.63) is 23.9 Å². The fraction of sp³-hybridized carbons (Fsp3) is 0.500. The van der Waals surface area contributed by atoms with Gasteiger partial charge in [0, 0.05) is 11.8 Å². The van der Waals surface area contributed by atoms with Crippen LogP contribution in [0.5, 0.6) is 0 Å². The van der Waals surface area contributed by atoms with Crippen LogP contribution in [0.2, 0.25) is 0 Å². The van der Waals surface area contributed by atoms with Crippen molar-refractivity contribution in [1.82, 2.24) is 10.2 Å². The molecule has 0 aliphatic carbocycles. The van der Waals surface area contributed by atoms with Gasteiger partial charge in [-0.25, -0.2) is 0 Å². The molecule has 5 heteroatoms. The van der Waals surface area contributed by atoms with Gasteiger partial charge < -0.3 is 20.1 Å². The van der Waals surface area contributed by atoms with Gasteiger partial charge in [-0.05, 0) is 19.9 Å². The van der Waals surface area contributed by atoms with Gasteiger partial charge in [0.2, 0.25) is 6.35 Å². The molecule has 2 aliphatic heterocycles. The summed E-state index contributed by atoms with van der Waals surface area (Å²) in [6.45, 7) is 3.61. The number of amides is 1. The normalized spacial score (nSPS) is 35.4. The molecule has 15 heavy (non-hydrogen) atoms. The molecule has 0 aromatic heterocycles. The van der Waals surface area contributed by atoms with E-state index in [2.05, 4.69) is 5.32 Å². The number of hydrogen-bond donors (Lipinski definition) is 2. The third-order valence-electron chi connectivity index (χ3n) is 2.44. The molecule has 5 nitrogen and oxygen atoms in total. The topological polar surface area (TPSA) is 61.8 Å². The predicted octanol–water partition coefficient (Wildman–Crippen LogP) is -0.101. The third-order valence-corrected chi connectivity index (χ3v) is 2.44. The molecule has 0 aromatic carbocycles. The van der Waals surface area contributed by atoms with Crippen LogP contribution in [0.4, 0.5) is 0 Å². The average molecular weight is 210 g/mol. The largest absolute Gasteiger partial charge is 0.356 e. The van der Waals surface area contributed by atoms with Gasteiger partial charge in [0.05, 0.1) is 6.10 Å². The van der Waals surface area contributed by atoms with E-state index in [1.807, 2.05) is 19.1 Å². The lowest BCUT2D eigenvalue weighted by Crippen LogP contribution is -2.53. The standard InChI is InChI=1S/C10H14N2O3/c1-6-5-12(10(14)11-9(6)13)8-4-3-7(2)15-8/h3-5,7-8,10,14H,1-2H3,(H,11,13)/t7-,8-,10?/m1/s1. The Morgan fingerprint density at radius 2 is 2.27 bits per heavy atom. The summed E-state index contributed by atoms with van der Waals surface area (Å²) < 4.78 is 5.51. The Morgan fingerprint density at radius 1 is 1.53 bits per heavy atom. The maximum Gasteiger partial charge on any atom is 0.251 e. The highest BCUT2D eigenvalue weighted by atomic mass is 16.5. The van der Waals surface area contributed by atoms with Gasteiger partial charge in [-0.1, -0.05) is 6.08 Å². The van der Waals surface area contributed by atoms with Crippen LogP contribution in [0.3, 0.4) is 0 Å². The Kier molecular flexibility index (Phi) is 2.50. The molecule has 3 atom stereocenters. The molecule has 0 fully saturated rings. The Hall–Kier alpha value is -1.33. The molecule has 2 N–H and O–H groups in total. The van der Waals surface area contributed by atoms with Gasteiger partial charge in [-0.15, -0.1) is 0 Å². The molecule has 0 aromatic rings. The predicted molar refractivity (Wildman–Crippen MR) is 53.2 cm³/mol. The van der Waals surface area contributed by atoms with Crippen LogP contribution in [-0.4, -0.2) is 34.6 Å². The Bertz CT molecular complexity index is 338. The van der Waals surface area contributed by atoms with Crippen LogP contribution in [-0.2, 0) is 9.53 Å². The van der Waals surface area contributed by atoms with E-state index >= 15 is 0 Å². The van der Waals surface area contributed by atoms with Crippen molar-refractivity contribution in [2.24, 2.45) is 0 Å². The van der Waals surface area contributed by atoms with Crippen LogP contribution < -0.4 is 5.32 Å². The molecule has 1 amide bonds. The number of carbonyl (C=O) groups excluding carboxylic acids is 1. The first-order valence-electron chi connectivity index (χ1n) is 4.86. The summed E-state index contributed by atoms with van der Waals surface area (Å²) in [6.07, 6.45) is 4.07. The number of rotatable bonds is 1. The SMILES string of the molecule is CC1=CN([C@H]2C=C[C@@H](C)O2)C(O)NC1=O. The number of ether oxygens (including phenoxy) is 1. The fourth-order valence-electron chi connectivity index (χ4n) is 1.60. The number of aliphatic hydroxyl groups is 1. The Morgan fingerprint density at radius 3 is 2.87 bits per heavy atom. The smallest absolute Gasteiger partial charge is 0.251 e. The summed E-state index contributed by atoms with van der Waals surface area (Å²) in [5.41, 5.74) is 0.553. The van der Waals surface area contributed by atoms with Gasteiger partial charge in [0.15, 0.2) is 6.23 Å². The summed E-state index contributed by atoms with van der Waals surface area (Å²) in [5, 5.41) is 12.1. The second kappa shape index (κ2) is 3.67. The van der Waals surface area contributed by atoms with E-state index in [0.717, 1.165) is 0 Å². The summed E-state index contributed by atoms with van der Waals surface area (Å²) >= 11 is 0. The maximum atomic E-state index is 11.2.